The van der Waals surface area contributed by atoms with Gasteiger partial charge >= 0.3 is 0 Å². The van der Waals surface area contributed by atoms with Crippen molar-refractivity contribution in [3.05, 3.63) is 53.1 Å². The first-order valence-electron chi connectivity index (χ1n) is 5.25. The Morgan fingerprint density at radius 3 is 2.61 bits per heavy atom. The molecule has 0 spiro atoms. The maximum absolute atomic E-state index is 13.5. The van der Waals surface area contributed by atoms with Crippen molar-refractivity contribution in [1.82, 2.24) is 9.97 Å². The highest BCUT2D eigenvalue weighted by atomic mass is 35.5. The second kappa shape index (κ2) is 4.07. The molecule has 2 nitrogen and oxygen atoms in total. The number of benzene rings is 2. The van der Waals surface area contributed by atoms with Crippen LogP contribution in [0, 0.1) is 11.6 Å². The number of nitrogens with zero attached hydrogens (tertiary/aromatic N) is 1. The van der Waals surface area contributed by atoms with Gasteiger partial charge in [0.25, 0.3) is 0 Å². The Kier molecular flexibility index (Phi) is 2.52. The van der Waals surface area contributed by atoms with E-state index in [0.29, 0.717) is 21.9 Å². The van der Waals surface area contributed by atoms with Crippen LogP contribution in [0.15, 0.2) is 36.4 Å². The van der Waals surface area contributed by atoms with Gasteiger partial charge in [0.1, 0.15) is 11.3 Å². The molecule has 3 rings (SSSR count). The SMILES string of the molecule is Fc1ccc2[nH]c(-c3ccccc3Cl)nc2c1F. The van der Waals surface area contributed by atoms with Gasteiger partial charge in [0, 0.05) is 5.56 Å². The molecule has 1 N–H and O–H groups in total. The Morgan fingerprint density at radius 1 is 1.06 bits per heavy atom. The Morgan fingerprint density at radius 2 is 1.83 bits per heavy atom. The monoisotopic (exact) mass is 264 g/mol. The first kappa shape index (κ1) is 11.2. The minimum absolute atomic E-state index is 0.0232. The van der Waals surface area contributed by atoms with E-state index in [1.165, 1.54) is 6.07 Å². The maximum Gasteiger partial charge on any atom is 0.186 e. The number of hydrogen-bond donors (Lipinski definition) is 1. The van der Waals surface area contributed by atoms with Crippen molar-refractivity contribution in [2.75, 3.05) is 0 Å². The third-order valence-corrected chi connectivity index (χ3v) is 3.00. The molecule has 90 valence electrons. The minimum atomic E-state index is -0.956. The summed E-state index contributed by atoms with van der Waals surface area (Å²) < 4.78 is 26.6. The van der Waals surface area contributed by atoms with E-state index in [-0.39, 0.29) is 5.52 Å². The van der Waals surface area contributed by atoms with E-state index in [9.17, 15) is 8.78 Å². The van der Waals surface area contributed by atoms with Gasteiger partial charge in [-0.25, -0.2) is 13.8 Å². The van der Waals surface area contributed by atoms with E-state index < -0.39 is 11.6 Å². The molecule has 0 aliphatic heterocycles. The lowest BCUT2D eigenvalue weighted by Gasteiger charge is -1.98. The second-order valence-electron chi connectivity index (χ2n) is 3.82. The molecule has 18 heavy (non-hydrogen) atoms. The van der Waals surface area contributed by atoms with Crippen molar-refractivity contribution in [3.8, 4) is 11.4 Å². The van der Waals surface area contributed by atoms with E-state index >= 15 is 0 Å². The van der Waals surface area contributed by atoms with Crippen LogP contribution in [-0.4, -0.2) is 9.97 Å². The van der Waals surface area contributed by atoms with Crippen molar-refractivity contribution >= 4 is 22.6 Å². The number of aromatic amines is 1. The molecule has 0 aliphatic carbocycles. The van der Waals surface area contributed by atoms with Crippen LogP contribution in [0.5, 0.6) is 0 Å². The van der Waals surface area contributed by atoms with E-state index in [1.807, 2.05) is 0 Å². The average Bonchev–Trinajstić information content (AvgIpc) is 2.79. The van der Waals surface area contributed by atoms with E-state index in [4.69, 9.17) is 11.6 Å². The summed E-state index contributed by atoms with van der Waals surface area (Å²) in [5, 5.41) is 0.498. The summed E-state index contributed by atoms with van der Waals surface area (Å²) >= 11 is 6.03. The zero-order valence-electron chi connectivity index (χ0n) is 9.05. The summed E-state index contributed by atoms with van der Waals surface area (Å²) in [5.41, 5.74) is 1.06. The van der Waals surface area contributed by atoms with Crippen molar-refractivity contribution < 1.29 is 8.78 Å². The molecule has 0 bridgehead atoms. The molecule has 0 radical (unpaired) electrons. The van der Waals surface area contributed by atoms with E-state index in [1.54, 1.807) is 24.3 Å². The van der Waals surface area contributed by atoms with E-state index in [0.717, 1.165) is 6.07 Å². The Hall–Kier alpha value is -1.94. The van der Waals surface area contributed by atoms with E-state index in [2.05, 4.69) is 9.97 Å². The van der Waals surface area contributed by atoms with Crippen LogP contribution in [0.2, 0.25) is 5.02 Å². The smallest absolute Gasteiger partial charge is 0.186 e. The van der Waals surface area contributed by atoms with Gasteiger partial charge in [-0.05, 0) is 24.3 Å². The molecule has 0 unspecified atom stereocenters. The first-order chi connectivity index (χ1) is 8.66. The fourth-order valence-corrected chi connectivity index (χ4v) is 2.02. The van der Waals surface area contributed by atoms with Crippen LogP contribution in [0.25, 0.3) is 22.4 Å². The average molecular weight is 265 g/mol. The van der Waals surface area contributed by atoms with Crippen LogP contribution >= 0.6 is 11.6 Å². The summed E-state index contributed by atoms with van der Waals surface area (Å²) in [6, 6.07) is 9.56. The van der Waals surface area contributed by atoms with Crippen LogP contribution in [0.1, 0.15) is 0 Å². The fourth-order valence-electron chi connectivity index (χ4n) is 1.80. The van der Waals surface area contributed by atoms with Gasteiger partial charge in [0.05, 0.1) is 10.5 Å². The summed E-state index contributed by atoms with van der Waals surface area (Å²) in [5.74, 6) is -1.46. The standard InChI is InChI=1S/C13H7ClF2N2/c14-8-4-2-1-3-7(8)13-17-10-6-5-9(15)11(16)12(10)18-13/h1-6H,(H,17,18). The molecule has 0 aliphatic rings. The van der Waals surface area contributed by atoms with Crippen molar-refractivity contribution in [2.24, 2.45) is 0 Å². The highest BCUT2D eigenvalue weighted by Crippen LogP contribution is 2.28. The van der Waals surface area contributed by atoms with Crippen LogP contribution in [0.4, 0.5) is 8.78 Å². The molecular formula is C13H7ClF2N2. The zero-order valence-corrected chi connectivity index (χ0v) is 9.80. The molecule has 0 atom stereocenters. The van der Waals surface area contributed by atoms with Crippen LogP contribution in [-0.2, 0) is 0 Å². The minimum Gasteiger partial charge on any atom is -0.338 e. The molecule has 0 saturated carbocycles. The quantitative estimate of drug-likeness (QED) is 0.702. The number of aromatic nitrogens is 2. The lowest BCUT2D eigenvalue weighted by Crippen LogP contribution is -1.84. The van der Waals surface area contributed by atoms with Gasteiger partial charge in [0.2, 0.25) is 0 Å². The topological polar surface area (TPSA) is 28.7 Å². The first-order valence-corrected chi connectivity index (χ1v) is 5.63. The highest BCUT2D eigenvalue weighted by molar-refractivity contribution is 6.33. The van der Waals surface area contributed by atoms with Gasteiger partial charge in [-0.2, -0.15) is 0 Å². The number of hydrogen-bond acceptors (Lipinski definition) is 1. The van der Waals surface area contributed by atoms with Gasteiger partial charge < -0.3 is 4.98 Å². The van der Waals surface area contributed by atoms with Crippen molar-refractivity contribution in [3.63, 3.8) is 0 Å². The molecular weight excluding hydrogens is 258 g/mol. The fraction of sp³-hybridized carbons (Fsp3) is 0. The lowest BCUT2D eigenvalue weighted by molar-refractivity contribution is 0.515. The summed E-state index contributed by atoms with van der Waals surface area (Å²) in [6.07, 6.45) is 0. The zero-order chi connectivity index (χ0) is 12.7. The Labute approximate surface area is 106 Å². The number of rotatable bonds is 1. The van der Waals surface area contributed by atoms with Gasteiger partial charge in [-0.3, -0.25) is 0 Å². The second-order valence-corrected chi connectivity index (χ2v) is 4.23. The number of halogens is 3. The number of fused-ring (bicyclic) bond motifs is 1. The Bertz CT molecular complexity index is 737. The van der Waals surface area contributed by atoms with Crippen molar-refractivity contribution in [1.29, 1.82) is 0 Å². The normalized spacial score (nSPS) is 11.1. The molecule has 2 aromatic carbocycles. The summed E-state index contributed by atoms with van der Waals surface area (Å²) in [7, 11) is 0. The highest BCUT2D eigenvalue weighted by Gasteiger charge is 2.13. The van der Waals surface area contributed by atoms with Gasteiger partial charge in [-0.15, -0.1) is 0 Å². The predicted octanol–water partition coefficient (Wildman–Crippen LogP) is 4.16. The largest absolute Gasteiger partial charge is 0.338 e. The third kappa shape index (κ3) is 1.66. The molecule has 3 aromatic rings. The van der Waals surface area contributed by atoms with Gasteiger partial charge in [0.15, 0.2) is 11.6 Å². The molecule has 5 heteroatoms. The summed E-state index contributed by atoms with van der Waals surface area (Å²) in [6.45, 7) is 0. The van der Waals surface area contributed by atoms with Gasteiger partial charge in [-0.1, -0.05) is 23.7 Å². The Balaban J connectivity index is 2.26. The van der Waals surface area contributed by atoms with Crippen LogP contribution in [0.3, 0.4) is 0 Å². The molecule has 1 aromatic heterocycles. The molecule has 1 heterocycles. The molecule has 0 saturated heterocycles. The third-order valence-electron chi connectivity index (χ3n) is 2.67. The molecule has 0 fully saturated rings. The summed E-state index contributed by atoms with van der Waals surface area (Å²) in [4.78, 5) is 6.97. The van der Waals surface area contributed by atoms with Crippen LogP contribution < -0.4 is 0 Å². The predicted molar refractivity (Wildman–Crippen MR) is 66.5 cm³/mol. The number of H-pyrrole nitrogens is 1. The number of nitrogens with one attached hydrogen (secondary N) is 1. The molecule has 0 amide bonds. The lowest BCUT2D eigenvalue weighted by atomic mass is 10.2. The maximum atomic E-state index is 13.5. The number of imidazole rings is 1. The van der Waals surface area contributed by atoms with Crippen molar-refractivity contribution in [2.45, 2.75) is 0 Å².